The van der Waals surface area contributed by atoms with E-state index in [9.17, 15) is 18.3 Å². The van der Waals surface area contributed by atoms with E-state index in [1.165, 1.54) is 31.2 Å². The fraction of sp³-hybridized carbons (Fsp3) is 0.500. The molecule has 7 heteroatoms. The third-order valence-corrected chi connectivity index (χ3v) is 4.39. The second-order valence-corrected chi connectivity index (χ2v) is 6.97. The van der Waals surface area contributed by atoms with Crippen LogP contribution in [0.2, 0.25) is 0 Å². The highest BCUT2D eigenvalue weighted by Gasteiger charge is 2.22. The monoisotopic (exact) mass is 314 g/mol. The Hall–Kier alpha value is -1.44. The largest absolute Gasteiger partial charge is 0.389 e. The highest BCUT2D eigenvalue weighted by Crippen LogP contribution is 2.16. The van der Waals surface area contributed by atoms with Gasteiger partial charge in [0.15, 0.2) is 0 Å². The number of amides is 1. The van der Waals surface area contributed by atoms with Crippen molar-refractivity contribution < 1.29 is 18.3 Å². The Bertz CT molecular complexity index is 579. The summed E-state index contributed by atoms with van der Waals surface area (Å²) in [5, 5.41) is 12.0. The molecule has 118 valence electrons. The predicted molar refractivity (Wildman–Crippen MR) is 80.1 cm³/mol. The van der Waals surface area contributed by atoms with Crippen molar-refractivity contribution >= 4 is 15.9 Å². The Morgan fingerprint density at radius 1 is 1.10 bits per heavy atom. The number of hydrogen-bond donors (Lipinski definition) is 3. The van der Waals surface area contributed by atoms with Crippen LogP contribution in [0, 0.1) is 0 Å². The molecule has 1 aromatic carbocycles. The molecule has 0 fully saturated rings. The van der Waals surface area contributed by atoms with Crippen molar-refractivity contribution in [1.29, 1.82) is 0 Å². The van der Waals surface area contributed by atoms with E-state index in [1.54, 1.807) is 20.8 Å². The van der Waals surface area contributed by atoms with E-state index in [2.05, 4.69) is 10.0 Å². The van der Waals surface area contributed by atoms with E-state index in [0.717, 1.165) is 0 Å². The Labute approximate surface area is 125 Å². The zero-order chi connectivity index (χ0) is 16.2. The van der Waals surface area contributed by atoms with Gasteiger partial charge in [-0.15, -0.1) is 0 Å². The van der Waals surface area contributed by atoms with Crippen LogP contribution in [0.4, 0.5) is 0 Å². The molecule has 0 aliphatic heterocycles. The first kappa shape index (κ1) is 17.6. The Balaban J connectivity index is 2.84. The van der Waals surface area contributed by atoms with E-state index >= 15 is 0 Å². The van der Waals surface area contributed by atoms with E-state index in [1.807, 2.05) is 0 Å². The third kappa shape index (κ3) is 5.11. The molecular formula is C14H22N2O4S. The highest BCUT2D eigenvalue weighted by atomic mass is 32.2. The molecule has 0 radical (unpaired) electrons. The van der Waals surface area contributed by atoms with Crippen molar-refractivity contribution in [3.05, 3.63) is 29.8 Å². The number of benzene rings is 1. The summed E-state index contributed by atoms with van der Waals surface area (Å²) in [6.07, 6.45) is -0.662. The summed E-state index contributed by atoms with van der Waals surface area (Å²) in [4.78, 5) is 11.8. The average molecular weight is 314 g/mol. The van der Waals surface area contributed by atoms with Gasteiger partial charge in [0.1, 0.15) is 0 Å². The molecule has 2 atom stereocenters. The van der Waals surface area contributed by atoms with Crippen LogP contribution in [0.15, 0.2) is 29.2 Å². The van der Waals surface area contributed by atoms with Gasteiger partial charge in [-0.05, 0) is 45.4 Å². The van der Waals surface area contributed by atoms with Crippen molar-refractivity contribution in [3.63, 3.8) is 0 Å². The van der Waals surface area contributed by atoms with Gasteiger partial charge in [0.05, 0.1) is 17.0 Å². The van der Waals surface area contributed by atoms with E-state index < -0.39 is 22.2 Å². The lowest BCUT2D eigenvalue weighted by atomic mass is 10.1. The van der Waals surface area contributed by atoms with Gasteiger partial charge in [-0.25, -0.2) is 8.42 Å². The maximum absolute atomic E-state index is 12.2. The van der Waals surface area contributed by atoms with Crippen molar-refractivity contribution in [1.82, 2.24) is 10.0 Å². The number of aliphatic hydroxyl groups is 1. The minimum Gasteiger partial charge on any atom is -0.389 e. The van der Waals surface area contributed by atoms with Gasteiger partial charge in [0.2, 0.25) is 15.9 Å². The molecule has 1 amide bonds. The SMILES string of the molecule is CC(C)NC(=O)C(C)NS(=O)(=O)c1ccc(C(C)O)cc1. The molecule has 0 heterocycles. The van der Waals surface area contributed by atoms with Crippen LogP contribution in [-0.2, 0) is 14.8 Å². The molecule has 0 spiro atoms. The molecule has 0 aliphatic carbocycles. The van der Waals surface area contributed by atoms with Crippen LogP contribution in [0.5, 0.6) is 0 Å². The zero-order valence-corrected chi connectivity index (χ0v) is 13.4. The molecule has 21 heavy (non-hydrogen) atoms. The summed E-state index contributed by atoms with van der Waals surface area (Å²) in [5.74, 6) is -0.380. The van der Waals surface area contributed by atoms with Crippen molar-refractivity contribution in [2.24, 2.45) is 0 Å². The number of hydrogen-bond acceptors (Lipinski definition) is 4. The number of aliphatic hydroxyl groups excluding tert-OH is 1. The molecule has 1 rings (SSSR count). The summed E-state index contributed by atoms with van der Waals surface area (Å²) in [5.41, 5.74) is 0.625. The maximum atomic E-state index is 12.2. The van der Waals surface area contributed by atoms with Gasteiger partial charge in [-0.2, -0.15) is 4.72 Å². The summed E-state index contributed by atoms with van der Waals surface area (Å²) in [7, 11) is -3.78. The summed E-state index contributed by atoms with van der Waals surface area (Å²) >= 11 is 0. The Kier molecular flexibility index (Phi) is 5.88. The smallest absolute Gasteiger partial charge is 0.241 e. The van der Waals surface area contributed by atoms with E-state index in [4.69, 9.17) is 0 Å². The van der Waals surface area contributed by atoms with Crippen LogP contribution in [0.1, 0.15) is 39.4 Å². The first-order valence-corrected chi connectivity index (χ1v) is 8.22. The minimum atomic E-state index is -3.78. The van der Waals surface area contributed by atoms with Crippen molar-refractivity contribution in [3.8, 4) is 0 Å². The summed E-state index contributed by atoms with van der Waals surface area (Å²) in [6.45, 7) is 6.68. The van der Waals surface area contributed by atoms with Gasteiger partial charge < -0.3 is 10.4 Å². The second kappa shape index (κ2) is 7.02. The van der Waals surface area contributed by atoms with Crippen LogP contribution in [-0.4, -0.2) is 31.5 Å². The Morgan fingerprint density at radius 3 is 2.05 bits per heavy atom. The van der Waals surface area contributed by atoms with Gasteiger partial charge in [-0.3, -0.25) is 4.79 Å². The van der Waals surface area contributed by atoms with Gasteiger partial charge in [-0.1, -0.05) is 12.1 Å². The van der Waals surface area contributed by atoms with Crippen LogP contribution in [0.3, 0.4) is 0 Å². The average Bonchev–Trinajstić information content (AvgIpc) is 2.37. The predicted octanol–water partition coefficient (Wildman–Crippen LogP) is 0.931. The fourth-order valence-corrected chi connectivity index (χ4v) is 2.89. The van der Waals surface area contributed by atoms with Gasteiger partial charge in [0.25, 0.3) is 0 Å². The minimum absolute atomic E-state index is 0.0519. The molecule has 2 unspecified atom stereocenters. The lowest BCUT2D eigenvalue weighted by Crippen LogP contribution is -2.46. The maximum Gasteiger partial charge on any atom is 0.241 e. The first-order valence-electron chi connectivity index (χ1n) is 6.74. The Morgan fingerprint density at radius 2 is 1.62 bits per heavy atom. The van der Waals surface area contributed by atoms with Crippen molar-refractivity contribution in [2.75, 3.05) is 0 Å². The van der Waals surface area contributed by atoms with E-state index in [0.29, 0.717) is 5.56 Å². The topological polar surface area (TPSA) is 95.5 Å². The molecule has 0 aliphatic rings. The molecule has 0 bridgehead atoms. The molecule has 0 saturated heterocycles. The molecule has 0 aromatic heterocycles. The zero-order valence-electron chi connectivity index (χ0n) is 12.6. The van der Waals surface area contributed by atoms with Crippen LogP contribution >= 0.6 is 0 Å². The third-order valence-electron chi connectivity index (χ3n) is 2.83. The molecular weight excluding hydrogens is 292 g/mol. The van der Waals surface area contributed by atoms with Gasteiger partial charge >= 0.3 is 0 Å². The fourth-order valence-electron chi connectivity index (χ4n) is 1.69. The molecule has 6 nitrogen and oxygen atoms in total. The standard InChI is InChI=1S/C14H22N2O4S/c1-9(2)15-14(18)10(3)16-21(19,20)13-7-5-12(6-8-13)11(4)17/h5-11,16-17H,1-4H3,(H,15,18). The van der Waals surface area contributed by atoms with E-state index in [-0.39, 0.29) is 16.8 Å². The number of nitrogens with one attached hydrogen (secondary N) is 2. The molecule has 0 saturated carbocycles. The normalized spacial score (nSPS) is 14.8. The number of carbonyl (C=O) groups is 1. The lowest BCUT2D eigenvalue weighted by molar-refractivity contribution is -0.122. The van der Waals surface area contributed by atoms with Crippen molar-refractivity contribution in [2.45, 2.75) is 50.8 Å². The summed E-state index contributed by atoms with van der Waals surface area (Å²) < 4.78 is 26.6. The number of rotatable bonds is 6. The number of carbonyl (C=O) groups excluding carboxylic acids is 1. The first-order chi connectivity index (χ1) is 9.63. The molecule has 3 N–H and O–H groups in total. The second-order valence-electron chi connectivity index (χ2n) is 5.25. The molecule has 1 aromatic rings. The highest BCUT2D eigenvalue weighted by molar-refractivity contribution is 7.89. The number of sulfonamides is 1. The van der Waals surface area contributed by atoms with Crippen LogP contribution < -0.4 is 10.0 Å². The van der Waals surface area contributed by atoms with Gasteiger partial charge in [0, 0.05) is 6.04 Å². The van der Waals surface area contributed by atoms with Crippen LogP contribution in [0.25, 0.3) is 0 Å². The lowest BCUT2D eigenvalue weighted by Gasteiger charge is -2.16. The quantitative estimate of drug-likeness (QED) is 0.728. The summed E-state index contributed by atoms with van der Waals surface area (Å²) in [6, 6.07) is 4.95.